The van der Waals surface area contributed by atoms with Crippen LogP contribution in [0.4, 0.5) is 0 Å². The monoisotopic (exact) mass is 294 g/mol. The summed E-state index contributed by atoms with van der Waals surface area (Å²) >= 11 is 0. The second-order valence-electron chi connectivity index (χ2n) is 1.80. The Bertz CT molecular complexity index is 397. The van der Waals surface area contributed by atoms with E-state index in [2.05, 4.69) is 0 Å². The summed E-state index contributed by atoms with van der Waals surface area (Å²) in [4.78, 5) is 6.19. The van der Waals surface area contributed by atoms with Gasteiger partial charge >= 0.3 is 118 Å². The van der Waals surface area contributed by atoms with Crippen LogP contribution in [0.5, 0.6) is 0 Å². The Morgan fingerprint density at radius 3 is 0.667 bits per heavy atom. The van der Waals surface area contributed by atoms with E-state index in [1.165, 1.54) is 0 Å². The van der Waals surface area contributed by atoms with E-state index in [0.717, 1.165) is 29.8 Å². The molecule has 0 aliphatic carbocycles. The van der Waals surface area contributed by atoms with Crippen LogP contribution in [-0.4, -0.2) is 0 Å². The zero-order chi connectivity index (χ0) is 10.7. The fourth-order valence-corrected chi connectivity index (χ4v) is 1.09. The first-order chi connectivity index (χ1) is 5.97. The standard InChI is InChI=1S/6CN.Co.Fe.Na/c6*1-2;;;/q;;;;;;+2;-3;+1. The average molecular weight is 294 g/mol. The molecule has 0 saturated heterocycles. The summed E-state index contributed by atoms with van der Waals surface area (Å²) in [5, 5.41) is 51.5. The molecule has 0 bridgehead atoms. The summed E-state index contributed by atoms with van der Waals surface area (Å²) in [6, 6.07) is 0. The smallest absolute Gasteiger partial charge is 1.00 e. The predicted molar refractivity (Wildman–Crippen MR) is 33.7 cm³/mol. The Kier molecular flexibility index (Phi) is 6.06. The molecular weight excluding hydrogens is 294 g/mol. The third-order valence-electron chi connectivity index (χ3n) is 1.19. The molecule has 0 amide bonds. The van der Waals surface area contributed by atoms with Gasteiger partial charge in [0.15, 0.2) is 0 Å². The number of hydrogen-bond acceptors (Lipinski definition) is 6. The number of nitriles is 6. The van der Waals surface area contributed by atoms with Gasteiger partial charge in [0, 0.05) is 0 Å². The average Bonchev–Trinajstić information content (AvgIpc) is 2.26. The minimum Gasteiger partial charge on any atom is 1.00 e. The van der Waals surface area contributed by atoms with Crippen molar-refractivity contribution in [1.82, 2.24) is 0 Å². The molecule has 0 aromatic heterocycles. The SMILES string of the molecule is N#[C][Fe-3]([C]#N)([C]#N)([C]#N)([C]#N)[C]#N.[Co+2].[Na+]. The molecule has 0 spiro atoms. The third kappa shape index (κ3) is 1.86. The van der Waals surface area contributed by atoms with E-state index in [0.29, 0.717) is 0 Å². The molecule has 0 rings (SSSR count). The first-order valence-electron chi connectivity index (χ1n) is 2.40. The zero-order valence-electron chi connectivity index (χ0n) is 7.37. The molecule has 0 unspecified atom stereocenters. The van der Waals surface area contributed by atoms with E-state index in [1.807, 2.05) is 0 Å². The summed E-state index contributed by atoms with van der Waals surface area (Å²) in [7, 11) is -6.17. The summed E-state index contributed by atoms with van der Waals surface area (Å²) < 4.78 is 0. The van der Waals surface area contributed by atoms with E-state index in [4.69, 9.17) is 31.6 Å². The molecule has 0 saturated carbocycles. The molecule has 9 heteroatoms. The molecule has 0 aliphatic heterocycles. The van der Waals surface area contributed by atoms with E-state index < -0.39 is 10.7 Å². The van der Waals surface area contributed by atoms with Crippen LogP contribution in [0.25, 0.3) is 0 Å². The molecule has 1 radical (unpaired) electrons. The van der Waals surface area contributed by atoms with Crippen LogP contribution < -0.4 is 29.6 Å². The molecule has 0 fully saturated rings. The van der Waals surface area contributed by atoms with E-state index in [-0.39, 0.29) is 46.3 Å². The largest absolute Gasteiger partial charge is 2.00 e. The van der Waals surface area contributed by atoms with Gasteiger partial charge in [-0.25, -0.2) is 0 Å². The summed E-state index contributed by atoms with van der Waals surface area (Å²) in [5.74, 6) is 0. The second kappa shape index (κ2) is 4.66. The molecule has 0 aromatic rings. The van der Waals surface area contributed by atoms with Crippen molar-refractivity contribution in [3.8, 4) is 29.8 Å². The fraction of sp³-hybridized carbons (Fsp3) is 0. The van der Waals surface area contributed by atoms with Crippen molar-refractivity contribution in [2.24, 2.45) is 0 Å². The Hall–Kier alpha value is -1.03. The van der Waals surface area contributed by atoms with Crippen LogP contribution in [0.3, 0.4) is 0 Å². The van der Waals surface area contributed by atoms with E-state index in [9.17, 15) is 0 Å². The molecule has 6 nitrogen and oxygen atoms in total. The third-order valence-corrected chi connectivity index (χ3v) is 4.89. The van der Waals surface area contributed by atoms with Gasteiger partial charge in [-0.05, 0) is 0 Å². The van der Waals surface area contributed by atoms with E-state index in [1.54, 1.807) is 0 Å². The van der Waals surface area contributed by atoms with Crippen LogP contribution >= 0.6 is 0 Å². The second-order valence-corrected chi connectivity index (χ2v) is 7.42. The summed E-state index contributed by atoms with van der Waals surface area (Å²) in [6.07, 6.45) is 0. The summed E-state index contributed by atoms with van der Waals surface area (Å²) in [5.41, 5.74) is 0. The van der Waals surface area contributed by atoms with Gasteiger partial charge in [-0.2, -0.15) is 0 Å². The summed E-state index contributed by atoms with van der Waals surface area (Å²) in [6.45, 7) is 0. The first-order valence-corrected chi connectivity index (χ1v) is 5.71. The van der Waals surface area contributed by atoms with Gasteiger partial charge in [0.2, 0.25) is 0 Å². The topological polar surface area (TPSA) is 143 Å². The van der Waals surface area contributed by atoms with E-state index >= 15 is 0 Å². The Labute approximate surface area is 117 Å². The van der Waals surface area contributed by atoms with Crippen molar-refractivity contribution < 1.29 is 57.1 Å². The van der Waals surface area contributed by atoms with Crippen LogP contribution in [0.2, 0.25) is 0 Å². The molecule has 72 valence electrons. The maximum Gasteiger partial charge on any atom is 2.00 e. The van der Waals surface area contributed by atoms with Crippen molar-refractivity contribution in [3.05, 3.63) is 0 Å². The molecular formula is C6CoFeN6Na. The Morgan fingerprint density at radius 1 is 0.533 bits per heavy atom. The minimum absolute atomic E-state index is 0. The van der Waals surface area contributed by atoms with Crippen molar-refractivity contribution in [2.75, 3.05) is 0 Å². The van der Waals surface area contributed by atoms with Crippen LogP contribution in [0.15, 0.2) is 0 Å². The van der Waals surface area contributed by atoms with Crippen molar-refractivity contribution in [1.29, 1.82) is 31.6 Å². The van der Waals surface area contributed by atoms with Gasteiger partial charge in [-0.15, -0.1) is 0 Å². The van der Waals surface area contributed by atoms with Gasteiger partial charge in [-0.3, -0.25) is 0 Å². The van der Waals surface area contributed by atoms with Crippen LogP contribution in [0, 0.1) is 61.4 Å². The van der Waals surface area contributed by atoms with Gasteiger partial charge < -0.3 is 0 Å². The number of rotatable bonds is 0. The molecule has 15 heavy (non-hydrogen) atoms. The first kappa shape index (κ1) is 19.5. The maximum absolute atomic E-state index is 8.58. The molecule has 0 aromatic carbocycles. The van der Waals surface area contributed by atoms with Crippen molar-refractivity contribution in [3.63, 3.8) is 0 Å². The van der Waals surface area contributed by atoms with Crippen molar-refractivity contribution >= 4 is 0 Å². The van der Waals surface area contributed by atoms with Gasteiger partial charge in [0.05, 0.1) is 0 Å². The molecule has 0 N–H and O–H groups in total. The van der Waals surface area contributed by atoms with Crippen LogP contribution in [-0.2, 0) is 27.5 Å². The van der Waals surface area contributed by atoms with Gasteiger partial charge in [0.1, 0.15) is 0 Å². The Morgan fingerprint density at radius 2 is 0.667 bits per heavy atom. The molecule has 0 atom stereocenters. The predicted octanol–water partition coefficient (Wildman–Crippen LogP) is -2.90. The zero-order valence-corrected chi connectivity index (χ0v) is 11.5. The molecule has 0 heterocycles. The van der Waals surface area contributed by atoms with Crippen LogP contribution in [0.1, 0.15) is 0 Å². The molecule has 0 aliphatic rings. The Balaban J connectivity index is -0.000000720. The normalized spacial score (nSPS) is 11.6. The number of nitrogens with zero attached hydrogens (tertiary/aromatic N) is 6. The maximum atomic E-state index is 8.58. The minimum atomic E-state index is -6.17. The number of hydrogen-bond donors (Lipinski definition) is 0. The van der Waals surface area contributed by atoms with Gasteiger partial charge in [0.25, 0.3) is 0 Å². The fourth-order valence-electron chi connectivity index (χ4n) is 0.265. The van der Waals surface area contributed by atoms with Gasteiger partial charge in [-0.1, -0.05) is 0 Å². The quantitative estimate of drug-likeness (QED) is 0.438. The van der Waals surface area contributed by atoms with Crippen molar-refractivity contribution in [2.45, 2.75) is 0 Å².